The van der Waals surface area contributed by atoms with Crippen molar-refractivity contribution in [2.24, 2.45) is 0 Å². The topological polar surface area (TPSA) is 37.5 Å². The maximum absolute atomic E-state index is 5.50. The van der Waals surface area contributed by atoms with Crippen molar-refractivity contribution in [3.8, 4) is 28.7 Å². The van der Waals surface area contributed by atoms with Crippen LogP contribution in [0.3, 0.4) is 0 Å². The molecule has 0 bridgehead atoms. The molecule has 16 rings (SSSR count). The maximum atomic E-state index is 5.50. The molecule has 71 heavy (non-hydrogen) atoms. The van der Waals surface area contributed by atoms with E-state index in [2.05, 4.69) is 265 Å². The second-order valence-electron chi connectivity index (χ2n) is 18.7. The van der Waals surface area contributed by atoms with E-state index in [-0.39, 0.29) is 0 Å². The summed E-state index contributed by atoms with van der Waals surface area (Å²) in [5.41, 5.74) is 14.9. The smallest absolute Gasteiger partial charge is 0.140 e. The first kappa shape index (κ1) is 38.3. The van der Waals surface area contributed by atoms with Crippen LogP contribution in [0.25, 0.3) is 138 Å². The molecule has 0 spiro atoms. The summed E-state index contributed by atoms with van der Waals surface area (Å²) < 4.78 is 12.0. The summed E-state index contributed by atoms with van der Waals surface area (Å²) in [6, 6.07) is 88.3. The zero-order valence-corrected chi connectivity index (χ0v) is 38.3. The minimum atomic E-state index is 0.874. The fourth-order valence-electron chi connectivity index (χ4n) is 12.2. The zero-order valence-electron chi connectivity index (χ0n) is 38.3. The van der Waals surface area contributed by atoms with Crippen LogP contribution in [0.15, 0.2) is 243 Å². The number of fused-ring (bicyclic) bond motifs is 16. The van der Waals surface area contributed by atoms with Crippen LogP contribution in [0, 0.1) is 0 Å². The van der Waals surface area contributed by atoms with Crippen LogP contribution < -0.4 is 0 Å². The number of benzene rings is 10. The highest BCUT2D eigenvalue weighted by Crippen LogP contribution is 2.44. The van der Waals surface area contributed by atoms with Crippen LogP contribution in [0.1, 0.15) is 0 Å². The van der Waals surface area contributed by atoms with Crippen LogP contribution in [0.2, 0.25) is 0 Å². The molecule has 6 heteroatoms. The lowest BCUT2D eigenvalue weighted by Crippen LogP contribution is -2.03. The van der Waals surface area contributed by atoms with Crippen LogP contribution in [-0.2, 0) is 0 Å². The maximum Gasteiger partial charge on any atom is 0.140 e. The van der Waals surface area contributed by atoms with Crippen molar-refractivity contribution >= 4 is 109 Å². The van der Waals surface area contributed by atoms with Gasteiger partial charge >= 0.3 is 0 Å². The number of hydrogen-bond donors (Lipinski definition) is 0. The van der Waals surface area contributed by atoms with Gasteiger partial charge in [-0.05, 0) is 97.1 Å². The minimum absolute atomic E-state index is 0.874. The van der Waals surface area contributed by atoms with Gasteiger partial charge in [0.15, 0.2) is 0 Å². The van der Waals surface area contributed by atoms with Crippen molar-refractivity contribution < 1.29 is 0 Å². The van der Waals surface area contributed by atoms with E-state index in [0.717, 1.165) is 61.8 Å². The van der Waals surface area contributed by atoms with Crippen LogP contribution in [-0.4, -0.2) is 27.8 Å². The van der Waals surface area contributed by atoms with E-state index < -0.39 is 0 Å². The van der Waals surface area contributed by atoms with Gasteiger partial charge in [-0.2, -0.15) is 0 Å². The monoisotopic (exact) mass is 904 g/mol. The van der Waals surface area contributed by atoms with Gasteiger partial charge in [-0.25, -0.2) is 4.98 Å². The number of hydrogen-bond acceptors (Lipinski definition) is 1. The van der Waals surface area contributed by atoms with Gasteiger partial charge in [-0.15, -0.1) is 0 Å². The molecule has 0 amide bonds. The average Bonchev–Trinajstić information content (AvgIpc) is 4.22. The second-order valence-corrected chi connectivity index (χ2v) is 18.7. The van der Waals surface area contributed by atoms with E-state index in [1.54, 1.807) is 0 Å². The third-order valence-corrected chi connectivity index (χ3v) is 15.1. The SMILES string of the molecule is c1ccc(-n2c3ccccc3c3ccc4c(c5ccccc5n4-c4cccc(-n5c6ccccc6c6cc7c(cc65)c5ccccc5n7-c5cccc(-n6c7ccccc7c7ccccc76)n5)c4)c32)cc1. The number of aromatic nitrogens is 6. The molecule has 0 aliphatic carbocycles. The first-order valence-corrected chi connectivity index (χ1v) is 24.3. The van der Waals surface area contributed by atoms with E-state index in [1.165, 1.54) is 75.9 Å². The van der Waals surface area contributed by atoms with E-state index in [4.69, 9.17) is 4.98 Å². The molecule has 0 unspecified atom stereocenters. The van der Waals surface area contributed by atoms with Crippen LogP contribution in [0.5, 0.6) is 0 Å². The molecule has 0 atom stereocenters. The van der Waals surface area contributed by atoms with Gasteiger partial charge < -0.3 is 13.7 Å². The molecule has 10 aromatic carbocycles. The fraction of sp³-hybridized carbons (Fsp3) is 0. The summed E-state index contributed by atoms with van der Waals surface area (Å²) in [7, 11) is 0. The standard InChI is InChI=1S/C65H40N6/c1-2-18-41(19-3-1)69-54-29-11-6-24-46(54)49-36-37-59-64(65(49)69)50-27-9-15-33-58(50)67(59)42-20-16-21-43(38-42)68-53-28-10-7-25-47(53)51-40-61-52(39-60(51)68)48-26-8-14-32-57(48)71(61)63-35-17-34-62(66-63)70-55-30-12-4-22-44(55)45-23-5-13-31-56(45)70/h1-40H. The van der Waals surface area contributed by atoms with Gasteiger partial charge in [0, 0.05) is 70.9 Å². The Morgan fingerprint density at radius 2 is 0.592 bits per heavy atom. The summed E-state index contributed by atoms with van der Waals surface area (Å²) in [6.07, 6.45) is 0. The highest BCUT2D eigenvalue weighted by molar-refractivity contribution is 6.26. The molecule has 0 aliphatic rings. The van der Waals surface area contributed by atoms with E-state index in [0.29, 0.717) is 0 Å². The summed E-state index contributed by atoms with van der Waals surface area (Å²) in [4.78, 5) is 5.50. The third-order valence-electron chi connectivity index (χ3n) is 15.1. The average molecular weight is 905 g/mol. The van der Waals surface area contributed by atoms with Crippen molar-refractivity contribution in [2.75, 3.05) is 0 Å². The van der Waals surface area contributed by atoms with E-state index >= 15 is 0 Å². The molecular formula is C65H40N6. The number of rotatable bonds is 5. The summed E-state index contributed by atoms with van der Waals surface area (Å²) >= 11 is 0. The van der Waals surface area contributed by atoms with Gasteiger partial charge in [-0.1, -0.05) is 146 Å². The molecule has 6 aromatic heterocycles. The molecule has 0 fully saturated rings. The molecule has 0 saturated carbocycles. The van der Waals surface area contributed by atoms with E-state index in [1.807, 2.05) is 0 Å². The zero-order chi connectivity index (χ0) is 46.3. The first-order chi connectivity index (χ1) is 35.3. The molecule has 330 valence electrons. The summed E-state index contributed by atoms with van der Waals surface area (Å²) in [5.74, 6) is 1.76. The summed E-state index contributed by atoms with van der Waals surface area (Å²) in [6.45, 7) is 0. The quantitative estimate of drug-likeness (QED) is 0.170. The van der Waals surface area contributed by atoms with Gasteiger partial charge in [0.1, 0.15) is 11.6 Å². The van der Waals surface area contributed by atoms with Crippen molar-refractivity contribution in [1.29, 1.82) is 0 Å². The van der Waals surface area contributed by atoms with Gasteiger partial charge in [0.05, 0.1) is 55.2 Å². The Morgan fingerprint density at radius 3 is 1.15 bits per heavy atom. The molecular weight excluding hydrogens is 865 g/mol. The lowest BCUT2D eigenvalue weighted by molar-refractivity contribution is 1.01. The predicted octanol–water partition coefficient (Wildman–Crippen LogP) is 16.6. The van der Waals surface area contributed by atoms with Gasteiger partial charge in [0.2, 0.25) is 0 Å². The minimum Gasteiger partial charge on any atom is -0.309 e. The predicted molar refractivity (Wildman–Crippen MR) is 296 cm³/mol. The van der Waals surface area contributed by atoms with Crippen molar-refractivity contribution in [3.05, 3.63) is 243 Å². The Labute approximate surface area is 406 Å². The first-order valence-electron chi connectivity index (χ1n) is 24.3. The largest absolute Gasteiger partial charge is 0.309 e. The molecule has 6 heterocycles. The fourth-order valence-corrected chi connectivity index (χ4v) is 12.2. The van der Waals surface area contributed by atoms with E-state index in [9.17, 15) is 0 Å². The molecule has 6 nitrogen and oxygen atoms in total. The molecule has 0 saturated heterocycles. The van der Waals surface area contributed by atoms with Crippen molar-refractivity contribution in [2.45, 2.75) is 0 Å². The molecule has 0 aliphatic heterocycles. The van der Waals surface area contributed by atoms with Crippen molar-refractivity contribution in [1.82, 2.24) is 27.8 Å². The lowest BCUT2D eigenvalue weighted by atomic mass is 10.1. The van der Waals surface area contributed by atoms with Crippen LogP contribution in [0.4, 0.5) is 0 Å². The number of pyridine rings is 1. The van der Waals surface area contributed by atoms with Crippen LogP contribution >= 0.6 is 0 Å². The van der Waals surface area contributed by atoms with Gasteiger partial charge in [0.25, 0.3) is 0 Å². The Morgan fingerprint density at radius 1 is 0.211 bits per heavy atom. The normalized spacial score (nSPS) is 12.2. The number of nitrogens with zero attached hydrogens (tertiary/aromatic N) is 6. The van der Waals surface area contributed by atoms with Crippen molar-refractivity contribution in [3.63, 3.8) is 0 Å². The highest BCUT2D eigenvalue weighted by atomic mass is 15.1. The molecule has 0 N–H and O–H groups in total. The summed E-state index contributed by atoms with van der Waals surface area (Å²) in [5, 5.41) is 12.2. The second kappa shape index (κ2) is 14.4. The Kier molecular flexibility index (Phi) is 7.79. The molecule has 16 aromatic rings. The Hall–Kier alpha value is -9.65. The Bertz CT molecular complexity index is 4830. The Balaban J connectivity index is 0.919. The number of para-hydroxylation sites is 7. The molecule has 0 radical (unpaired) electrons. The lowest BCUT2D eigenvalue weighted by Gasteiger charge is -2.13. The third kappa shape index (κ3) is 5.28. The van der Waals surface area contributed by atoms with Gasteiger partial charge in [-0.3, -0.25) is 9.13 Å². The highest BCUT2D eigenvalue weighted by Gasteiger charge is 2.23.